The van der Waals surface area contributed by atoms with Gasteiger partial charge in [-0.2, -0.15) is 9.36 Å². The van der Waals surface area contributed by atoms with Crippen LogP contribution in [0.1, 0.15) is 17.1 Å². The van der Waals surface area contributed by atoms with Crippen molar-refractivity contribution in [2.24, 2.45) is 5.16 Å². The Bertz CT molecular complexity index is 1320. The lowest BCUT2D eigenvalue weighted by atomic mass is 10.0. The number of aliphatic carboxylic acids is 1. The third-order valence-electron chi connectivity index (χ3n) is 5.04. The summed E-state index contributed by atoms with van der Waals surface area (Å²) >= 11 is 3.44. The van der Waals surface area contributed by atoms with E-state index in [1.165, 1.54) is 34.5 Å². The number of nitrogens with one attached hydrogen (secondary N) is 1. The van der Waals surface area contributed by atoms with E-state index in [9.17, 15) is 19.5 Å². The van der Waals surface area contributed by atoms with Crippen LogP contribution in [0, 0.1) is 6.92 Å². The number of carbonyl (C=O) groups is 3. The van der Waals surface area contributed by atoms with Gasteiger partial charge in [-0.25, -0.2) is 4.79 Å². The van der Waals surface area contributed by atoms with Crippen LogP contribution in [-0.2, 0) is 19.2 Å². The molecule has 0 aromatic carbocycles. The number of nitrogen functional groups attached to an aromatic ring is 1. The Labute approximate surface area is 223 Å². The number of hydrogen-bond acceptors (Lipinski definition) is 12. The molecule has 0 aliphatic carbocycles. The highest BCUT2D eigenvalue weighted by molar-refractivity contribution is 8.08. The van der Waals surface area contributed by atoms with Gasteiger partial charge < -0.3 is 21.0 Å². The number of thioether (sulfide) groups is 2. The molecule has 0 radical (unpaired) electrons. The largest absolute Gasteiger partial charge is 0.477 e. The van der Waals surface area contributed by atoms with Crippen molar-refractivity contribution in [2.45, 2.75) is 18.3 Å². The van der Waals surface area contributed by atoms with Gasteiger partial charge in [-0.05, 0) is 30.0 Å². The molecule has 2 aromatic rings. The number of carboxylic acids is 1. The number of hydrogen-bond donors (Lipinski definition) is 3. The first-order chi connectivity index (χ1) is 17.8. The van der Waals surface area contributed by atoms with Crippen molar-refractivity contribution in [1.29, 1.82) is 0 Å². The molecule has 0 spiro atoms. The molecule has 1 saturated heterocycles. The lowest BCUT2D eigenvalue weighted by Crippen LogP contribution is -2.71. The number of aromatic nitrogens is 3. The fourth-order valence-corrected chi connectivity index (χ4v) is 6.12. The molecule has 2 amide bonds. The molecular weight excluding hydrogens is 538 g/mol. The van der Waals surface area contributed by atoms with E-state index < -0.39 is 29.2 Å². The minimum absolute atomic E-state index is 0.0348. The van der Waals surface area contributed by atoms with E-state index in [0.29, 0.717) is 10.7 Å². The monoisotopic (exact) mass is 559 g/mol. The van der Waals surface area contributed by atoms with Crippen molar-refractivity contribution in [1.82, 2.24) is 24.6 Å². The van der Waals surface area contributed by atoms with Crippen molar-refractivity contribution >= 4 is 69.8 Å². The Kier molecular flexibility index (Phi) is 8.25. The van der Waals surface area contributed by atoms with Crippen LogP contribution >= 0.6 is 35.1 Å². The smallest absolute Gasteiger partial charge is 0.353 e. The number of anilines is 1. The Morgan fingerprint density at radius 2 is 2.27 bits per heavy atom. The van der Waals surface area contributed by atoms with E-state index in [0.717, 1.165) is 22.8 Å². The van der Waals surface area contributed by atoms with E-state index in [1.54, 1.807) is 11.6 Å². The Morgan fingerprint density at radius 1 is 1.46 bits per heavy atom. The summed E-state index contributed by atoms with van der Waals surface area (Å²) < 4.78 is 3.98. The Morgan fingerprint density at radius 3 is 2.92 bits per heavy atom. The molecule has 15 heteroatoms. The summed E-state index contributed by atoms with van der Waals surface area (Å²) in [6, 6.07) is 2.81. The fraction of sp³-hybridized carbons (Fsp3) is 0.227. The summed E-state index contributed by atoms with van der Waals surface area (Å²) in [6.45, 7) is 5.43. The predicted octanol–water partition coefficient (Wildman–Crippen LogP) is 1.83. The third kappa shape index (κ3) is 5.84. The number of nitrogens with zero attached hydrogens (tertiary/aromatic N) is 5. The number of oxime groups is 1. The molecule has 0 saturated carbocycles. The van der Waals surface area contributed by atoms with E-state index in [1.807, 2.05) is 25.1 Å². The molecule has 1 fully saturated rings. The maximum absolute atomic E-state index is 13.0. The number of nitrogens with two attached hydrogens (primary N) is 1. The molecule has 0 bridgehead atoms. The van der Waals surface area contributed by atoms with E-state index in [4.69, 9.17) is 10.6 Å². The quantitative estimate of drug-likeness (QED) is 0.127. The highest BCUT2D eigenvalue weighted by Gasteiger charge is 2.54. The molecule has 2 atom stereocenters. The molecule has 4 N–H and O–H groups in total. The van der Waals surface area contributed by atoms with Crippen LogP contribution < -0.4 is 11.1 Å². The van der Waals surface area contributed by atoms with Gasteiger partial charge >= 0.3 is 5.97 Å². The van der Waals surface area contributed by atoms with Crippen molar-refractivity contribution in [2.75, 3.05) is 18.1 Å². The number of β-lactam (4-membered cyclic amide) rings is 1. The van der Waals surface area contributed by atoms with Gasteiger partial charge in [0.1, 0.15) is 23.7 Å². The van der Waals surface area contributed by atoms with Crippen molar-refractivity contribution in [3.8, 4) is 0 Å². The van der Waals surface area contributed by atoms with Crippen LogP contribution in [0.3, 0.4) is 0 Å². The number of pyridine rings is 1. The van der Waals surface area contributed by atoms with Crippen LogP contribution in [0.25, 0.3) is 6.08 Å². The maximum atomic E-state index is 13.0. The number of carboxylic acid groups (broad SMARTS) is 1. The molecule has 37 heavy (non-hydrogen) atoms. The average Bonchev–Trinajstić information content (AvgIpc) is 3.31. The molecule has 2 aliphatic rings. The van der Waals surface area contributed by atoms with Gasteiger partial charge in [0.05, 0.1) is 0 Å². The van der Waals surface area contributed by atoms with Gasteiger partial charge in [-0.3, -0.25) is 19.5 Å². The molecule has 2 aliphatic heterocycles. The molecule has 12 nitrogen and oxygen atoms in total. The van der Waals surface area contributed by atoms with Gasteiger partial charge in [0.2, 0.25) is 11.5 Å². The molecule has 192 valence electrons. The van der Waals surface area contributed by atoms with Crippen LogP contribution in [0.15, 0.2) is 52.2 Å². The summed E-state index contributed by atoms with van der Waals surface area (Å²) in [7, 11) is 0. The number of carbonyl (C=O) groups excluding carboxylic acids is 2. The van der Waals surface area contributed by atoms with Gasteiger partial charge in [0, 0.05) is 34.1 Å². The second-order valence-electron chi connectivity index (χ2n) is 7.57. The lowest BCUT2D eigenvalue weighted by Gasteiger charge is -2.49. The minimum Gasteiger partial charge on any atom is -0.477 e. The summed E-state index contributed by atoms with van der Waals surface area (Å²) in [6.07, 6.45) is 4.97. The molecule has 1 unspecified atom stereocenters. The zero-order chi connectivity index (χ0) is 26.5. The second-order valence-corrected chi connectivity index (χ2v) is 10.5. The molecule has 4 rings (SSSR count). The number of fused-ring (bicyclic) bond motifs is 1. The topological polar surface area (TPSA) is 173 Å². The van der Waals surface area contributed by atoms with Crippen molar-refractivity contribution in [3.63, 3.8) is 0 Å². The first-order valence-electron chi connectivity index (χ1n) is 10.7. The van der Waals surface area contributed by atoms with Gasteiger partial charge in [-0.15, -0.1) is 11.8 Å². The normalized spacial score (nSPS) is 19.4. The van der Waals surface area contributed by atoms with E-state index in [2.05, 4.69) is 31.4 Å². The maximum Gasteiger partial charge on any atom is 0.353 e. The van der Waals surface area contributed by atoms with Crippen molar-refractivity contribution < 1.29 is 24.3 Å². The summed E-state index contributed by atoms with van der Waals surface area (Å²) in [4.78, 5) is 52.9. The Balaban J connectivity index is 1.48. The second kappa shape index (κ2) is 11.6. The standard InChI is InChI=1S/C22H21N7O5S3/c1-3-7-34-27-14(17-26-22(23)37-28-17)18(30)25-15-19(31)29-16(21(32)33)13(10-36-20(15)29)35-8-6-12-5-4-11(2)24-9-12/h3-6,8-9,15,20H,1,7,10H2,2H3,(H,25,30)(H,32,33)(H2,23,26,28)/b8-6-,27-14?/t15?,20-/m0/s1. The lowest BCUT2D eigenvalue weighted by molar-refractivity contribution is -0.150. The van der Waals surface area contributed by atoms with Crippen molar-refractivity contribution in [3.05, 3.63) is 64.1 Å². The average molecular weight is 560 g/mol. The molecular formula is C22H21N7O5S3. The highest BCUT2D eigenvalue weighted by atomic mass is 32.2. The van der Waals surface area contributed by atoms with E-state index >= 15 is 0 Å². The zero-order valence-electron chi connectivity index (χ0n) is 19.4. The number of amides is 2. The first kappa shape index (κ1) is 26.4. The number of rotatable bonds is 10. The highest BCUT2D eigenvalue weighted by Crippen LogP contribution is 2.43. The molecule has 2 aromatic heterocycles. The third-order valence-corrected chi connectivity index (χ3v) is 7.94. The molecule has 4 heterocycles. The van der Waals surface area contributed by atoms with Gasteiger partial charge in [-0.1, -0.05) is 35.6 Å². The number of aryl methyl sites for hydroxylation is 1. The Hall–Kier alpha value is -3.69. The van der Waals surface area contributed by atoms with Crippen LogP contribution in [-0.4, -0.2) is 71.6 Å². The van der Waals surface area contributed by atoms with Crippen LogP contribution in [0.4, 0.5) is 5.13 Å². The predicted molar refractivity (Wildman–Crippen MR) is 142 cm³/mol. The summed E-state index contributed by atoms with van der Waals surface area (Å²) in [5.74, 6) is -2.24. The van der Waals surface area contributed by atoms with Crippen LogP contribution in [0.2, 0.25) is 0 Å². The van der Waals surface area contributed by atoms with Gasteiger partial charge in [0.25, 0.3) is 11.8 Å². The first-order valence-corrected chi connectivity index (χ1v) is 13.4. The summed E-state index contributed by atoms with van der Waals surface area (Å²) in [5.41, 5.74) is 7.01. The minimum atomic E-state index is -1.22. The fourth-order valence-electron chi connectivity index (χ4n) is 3.33. The van der Waals surface area contributed by atoms with E-state index in [-0.39, 0.29) is 29.0 Å². The van der Waals surface area contributed by atoms with Gasteiger partial charge in [0.15, 0.2) is 5.13 Å². The summed E-state index contributed by atoms with van der Waals surface area (Å²) in [5, 5.41) is 17.5. The SMILES string of the molecule is C=CCON=C(C(=O)NC1C(=O)N2C(C(=O)O)=C(S/C=C\c3ccc(C)nc3)CS[C@@H]12)c1nsc(N)n1. The zero-order valence-corrected chi connectivity index (χ0v) is 21.8. The van der Waals surface area contributed by atoms with Crippen LogP contribution in [0.5, 0.6) is 0 Å².